The minimum atomic E-state index is -0.576. The molecule has 2 aromatic carbocycles. The molecule has 0 bridgehead atoms. The number of likely N-dealkylation sites (tertiary alicyclic amines) is 1. The summed E-state index contributed by atoms with van der Waals surface area (Å²) in [6.45, 7) is 6.93. The van der Waals surface area contributed by atoms with Gasteiger partial charge in [0, 0.05) is 64.0 Å². The Morgan fingerprint density at radius 2 is 1.76 bits per heavy atom. The number of carbonyl (C=O) groups is 2. The first-order valence-corrected chi connectivity index (χ1v) is 11.6. The third-order valence-electron chi connectivity index (χ3n) is 6.50. The quantitative estimate of drug-likeness (QED) is 0.498. The number of carbonyl (C=O) groups excluding carboxylic acids is 2. The average Bonchev–Trinajstić information content (AvgIpc) is 3.23. The monoisotopic (exact) mass is 453 g/mol. The van der Waals surface area contributed by atoms with E-state index < -0.39 is 11.7 Å². The van der Waals surface area contributed by atoms with Crippen LogP contribution in [-0.4, -0.2) is 62.5 Å². The Bertz CT molecular complexity index is 1020. The van der Waals surface area contributed by atoms with Gasteiger partial charge in [-0.25, -0.2) is 4.39 Å². The number of hydrogen-bond acceptors (Lipinski definition) is 5. The van der Waals surface area contributed by atoms with E-state index in [0.29, 0.717) is 37.3 Å². The Hall–Kier alpha value is -3.29. The second-order valence-electron chi connectivity index (χ2n) is 8.75. The molecule has 2 aliphatic heterocycles. The number of para-hydroxylation sites is 1. The molecular weight excluding hydrogens is 421 g/mol. The molecule has 0 aromatic heterocycles. The third-order valence-corrected chi connectivity index (χ3v) is 6.50. The molecule has 2 amide bonds. The standard InChI is InChI=1S/C25H32FN5O2/c1-18-6-2-3-7-22(18)29-12-14-30(15-13-29)23-17-20(26)19(16-21(23)27)25(33)28-9-5-11-31-10-4-8-24(31)32/h2-3,6-7,16-17H,4-5,8-15,27H2,1H3,(H,28,33). The van der Waals surface area contributed by atoms with Gasteiger partial charge in [0.1, 0.15) is 5.82 Å². The summed E-state index contributed by atoms with van der Waals surface area (Å²) in [5, 5.41) is 2.74. The van der Waals surface area contributed by atoms with Gasteiger partial charge >= 0.3 is 0 Å². The molecule has 33 heavy (non-hydrogen) atoms. The number of benzene rings is 2. The van der Waals surface area contributed by atoms with E-state index in [1.54, 1.807) is 4.90 Å². The van der Waals surface area contributed by atoms with E-state index >= 15 is 0 Å². The minimum absolute atomic E-state index is 0.0490. The van der Waals surface area contributed by atoms with E-state index in [1.807, 2.05) is 12.1 Å². The lowest BCUT2D eigenvalue weighted by molar-refractivity contribution is -0.127. The lowest BCUT2D eigenvalue weighted by Crippen LogP contribution is -2.47. The zero-order valence-corrected chi connectivity index (χ0v) is 19.1. The number of nitrogens with zero attached hydrogens (tertiary/aromatic N) is 3. The fourth-order valence-corrected chi connectivity index (χ4v) is 4.64. The van der Waals surface area contributed by atoms with Crippen molar-refractivity contribution in [2.24, 2.45) is 0 Å². The summed E-state index contributed by atoms with van der Waals surface area (Å²) in [6.07, 6.45) is 2.13. The number of halogens is 1. The van der Waals surface area contributed by atoms with E-state index in [1.165, 1.54) is 23.4 Å². The van der Waals surface area contributed by atoms with Crippen LogP contribution < -0.4 is 20.9 Å². The van der Waals surface area contributed by atoms with E-state index in [2.05, 4.69) is 34.2 Å². The van der Waals surface area contributed by atoms with Gasteiger partial charge in [-0.15, -0.1) is 0 Å². The van der Waals surface area contributed by atoms with E-state index in [-0.39, 0.29) is 11.5 Å². The SMILES string of the molecule is Cc1ccccc1N1CCN(c2cc(F)c(C(=O)NCCCN3CCCC3=O)cc2N)CC1. The fraction of sp³-hybridized carbons (Fsp3) is 0.440. The average molecular weight is 454 g/mol. The number of nitrogen functional groups attached to an aromatic ring is 1. The van der Waals surface area contributed by atoms with Gasteiger partial charge in [-0.3, -0.25) is 9.59 Å². The Morgan fingerprint density at radius 3 is 2.42 bits per heavy atom. The highest BCUT2D eigenvalue weighted by Gasteiger charge is 2.23. The number of nitrogens with two attached hydrogens (primary N) is 1. The summed E-state index contributed by atoms with van der Waals surface area (Å²) < 4.78 is 14.8. The van der Waals surface area contributed by atoms with Gasteiger partial charge in [0.15, 0.2) is 0 Å². The number of nitrogens with one attached hydrogen (secondary N) is 1. The lowest BCUT2D eigenvalue weighted by Gasteiger charge is -2.38. The van der Waals surface area contributed by atoms with Crippen molar-refractivity contribution in [2.75, 3.05) is 61.3 Å². The Morgan fingerprint density at radius 1 is 1.06 bits per heavy atom. The molecular formula is C25H32FN5O2. The van der Waals surface area contributed by atoms with Crippen LogP contribution in [0.3, 0.4) is 0 Å². The molecule has 7 nitrogen and oxygen atoms in total. The Kier molecular flexibility index (Phi) is 7.01. The van der Waals surface area contributed by atoms with Crippen LogP contribution in [-0.2, 0) is 4.79 Å². The highest BCUT2D eigenvalue weighted by atomic mass is 19.1. The number of amides is 2. The topological polar surface area (TPSA) is 81.9 Å². The van der Waals surface area contributed by atoms with Crippen molar-refractivity contribution in [2.45, 2.75) is 26.2 Å². The van der Waals surface area contributed by atoms with Crippen molar-refractivity contribution >= 4 is 28.9 Å². The molecule has 0 unspecified atom stereocenters. The van der Waals surface area contributed by atoms with Gasteiger partial charge < -0.3 is 25.8 Å². The summed E-state index contributed by atoms with van der Waals surface area (Å²) in [5.41, 5.74) is 9.66. The van der Waals surface area contributed by atoms with Crippen LogP contribution >= 0.6 is 0 Å². The molecule has 3 N–H and O–H groups in total. The molecule has 0 radical (unpaired) electrons. The number of piperazine rings is 1. The van der Waals surface area contributed by atoms with Gasteiger partial charge in [0.2, 0.25) is 5.91 Å². The van der Waals surface area contributed by atoms with Gasteiger partial charge in [-0.05, 0) is 37.5 Å². The first-order valence-electron chi connectivity index (χ1n) is 11.6. The maximum absolute atomic E-state index is 14.8. The van der Waals surface area contributed by atoms with E-state index in [0.717, 1.165) is 39.1 Å². The minimum Gasteiger partial charge on any atom is -0.397 e. The number of anilines is 3. The smallest absolute Gasteiger partial charge is 0.254 e. The van der Waals surface area contributed by atoms with Crippen LogP contribution in [0, 0.1) is 12.7 Å². The number of hydrogen-bond donors (Lipinski definition) is 2. The van der Waals surface area contributed by atoms with Crippen LogP contribution in [0.25, 0.3) is 0 Å². The number of aryl methyl sites for hydroxylation is 1. The van der Waals surface area contributed by atoms with Crippen LogP contribution in [0.5, 0.6) is 0 Å². The number of rotatable bonds is 7. The molecule has 0 saturated carbocycles. The molecule has 4 rings (SSSR count). The van der Waals surface area contributed by atoms with Crippen LogP contribution in [0.2, 0.25) is 0 Å². The van der Waals surface area contributed by atoms with Gasteiger partial charge in [-0.1, -0.05) is 18.2 Å². The normalized spacial score (nSPS) is 16.4. The summed E-state index contributed by atoms with van der Waals surface area (Å²) in [6, 6.07) is 11.1. The predicted octanol–water partition coefficient (Wildman–Crippen LogP) is 2.79. The molecule has 2 saturated heterocycles. The first-order chi connectivity index (χ1) is 15.9. The maximum atomic E-state index is 14.8. The van der Waals surface area contributed by atoms with Crippen LogP contribution in [0.1, 0.15) is 35.2 Å². The van der Waals surface area contributed by atoms with Crippen molar-refractivity contribution in [1.29, 1.82) is 0 Å². The predicted molar refractivity (Wildman–Crippen MR) is 129 cm³/mol. The van der Waals surface area contributed by atoms with Crippen molar-refractivity contribution in [1.82, 2.24) is 10.2 Å². The summed E-state index contributed by atoms with van der Waals surface area (Å²) >= 11 is 0. The Balaban J connectivity index is 1.33. The molecule has 8 heteroatoms. The van der Waals surface area contributed by atoms with Crippen LogP contribution in [0.4, 0.5) is 21.5 Å². The first kappa shape index (κ1) is 22.9. The van der Waals surface area contributed by atoms with Gasteiger partial charge in [0.05, 0.1) is 16.9 Å². The van der Waals surface area contributed by atoms with E-state index in [9.17, 15) is 14.0 Å². The molecule has 176 valence electrons. The summed E-state index contributed by atoms with van der Waals surface area (Å²) in [7, 11) is 0. The molecule has 2 aliphatic rings. The molecule has 2 fully saturated rings. The highest BCUT2D eigenvalue weighted by Crippen LogP contribution is 2.29. The van der Waals surface area contributed by atoms with Crippen molar-refractivity contribution in [3.8, 4) is 0 Å². The lowest BCUT2D eigenvalue weighted by atomic mass is 10.1. The van der Waals surface area contributed by atoms with Gasteiger partial charge in [-0.2, -0.15) is 0 Å². The largest absolute Gasteiger partial charge is 0.397 e. The molecule has 2 aromatic rings. The van der Waals surface area contributed by atoms with Crippen molar-refractivity contribution < 1.29 is 14.0 Å². The van der Waals surface area contributed by atoms with Crippen molar-refractivity contribution in [3.63, 3.8) is 0 Å². The second kappa shape index (κ2) is 10.1. The molecule has 0 aliphatic carbocycles. The highest BCUT2D eigenvalue weighted by molar-refractivity contribution is 5.96. The zero-order valence-electron chi connectivity index (χ0n) is 19.1. The molecule has 2 heterocycles. The molecule has 0 spiro atoms. The summed E-state index contributed by atoms with van der Waals surface area (Å²) in [4.78, 5) is 30.3. The molecule has 0 atom stereocenters. The zero-order chi connectivity index (χ0) is 23.4. The fourth-order valence-electron chi connectivity index (χ4n) is 4.64. The maximum Gasteiger partial charge on any atom is 0.254 e. The third kappa shape index (κ3) is 5.21. The Labute approximate surface area is 194 Å². The van der Waals surface area contributed by atoms with Crippen LogP contribution in [0.15, 0.2) is 36.4 Å². The van der Waals surface area contributed by atoms with Crippen molar-refractivity contribution in [3.05, 3.63) is 53.3 Å². The van der Waals surface area contributed by atoms with E-state index in [4.69, 9.17) is 5.73 Å². The second-order valence-corrected chi connectivity index (χ2v) is 8.75. The summed E-state index contributed by atoms with van der Waals surface area (Å²) in [5.74, 6) is -0.897. The van der Waals surface area contributed by atoms with Gasteiger partial charge in [0.25, 0.3) is 5.91 Å².